The van der Waals surface area contributed by atoms with Crippen molar-refractivity contribution in [1.82, 2.24) is 14.7 Å². The monoisotopic (exact) mass is 497 g/mol. The molecule has 7 nitrogen and oxygen atoms in total. The third kappa shape index (κ3) is 7.42. The number of aliphatic hydroxyl groups excluding tert-OH is 2. The fourth-order valence-electron chi connectivity index (χ4n) is 4.49. The summed E-state index contributed by atoms with van der Waals surface area (Å²) in [6, 6.07) is 5.14. The van der Waals surface area contributed by atoms with Crippen LogP contribution >= 0.6 is 23.2 Å². The van der Waals surface area contributed by atoms with E-state index in [4.69, 9.17) is 23.2 Å². The van der Waals surface area contributed by atoms with Crippen molar-refractivity contribution < 1.29 is 19.8 Å². The van der Waals surface area contributed by atoms with Gasteiger partial charge in [-0.05, 0) is 43.2 Å². The molecule has 0 radical (unpaired) electrons. The second kappa shape index (κ2) is 11.7. The number of hydrogen-bond acceptors (Lipinski definition) is 5. The third-order valence-electron chi connectivity index (χ3n) is 6.40. The number of carbonyl (C=O) groups excluding carboxylic acids is 2. The molecule has 0 aromatic heterocycles. The molecule has 2 atom stereocenters. The standard InChI is InChI=1S/C24H33Cl2N3O4/c1-24(17-30)8-2-9-27(16-24)14-19(31)15-29-12-11-28(10-7-23(29)33)22(32)6-4-18-3-5-20(25)21(26)13-18/h3-6,13,19,30-31H,2,7-12,14-17H2,1H3/b6-4+. The SMILES string of the molecule is CC1(CO)CCCN(CC(O)CN2CCN(C(=O)/C=C/c3ccc(Cl)c(Cl)c3)CCC2=O)C1. The van der Waals surface area contributed by atoms with Gasteiger partial charge in [0.2, 0.25) is 11.8 Å². The number of piperidine rings is 1. The number of amides is 2. The molecule has 2 aliphatic heterocycles. The predicted octanol–water partition coefficient (Wildman–Crippen LogP) is 2.52. The summed E-state index contributed by atoms with van der Waals surface area (Å²) in [6.07, 6.45) is 4.67. The topological polar surface area (TPSA) is 84.3 Å². The molecular weight excluding hydrogens is 465 g/mol. The van der Waals surface area contributed by atoms with Crippen molar-refractivity contribution in [3.05, 3.63) is 39.9 Å². The Morgan fingerprint density at radius 1 is 1.18 bits per heavy atom. The van der Waals surface area contributed by atoms with Crippen LogP contribution in [0.4, 0.5) is 0 Å². The minimum Gasteiger partial charge on any atom is -0.396 e. The van der Waals surface area contributed by atoms with Crippen LogP contribution in [0.3, 0.4) is 0 Å². The van der Waals surface area contributed by atoms with Crippen LogP contribution in [-0.4, -0.2) is 95.3 Å². The zero-order chi connectivity index (χ0) is 24.0. The molecule has 33 heavy (non-hydrogen) atoms. The van der Waals surface area contributed by atoms with Crippen molar-refractivity contribution in [1.29, 1.82) is 0 Å². The highest BCUT2D eigenvalue weighted by Gasteiger charge is 2.32. The lowest BCUT2D eigenvalue weighted by atomic mass is 9.83. The molecular formula is C24H33Cl2N3O4. The third-order valence-corrected chi connectivity index (χ3v) is 7.14. The van der Waals surface area contributed by atoms with E-state index in [0.717, 1.165) is 31.5 Å². The number of β-amino-alcohol motifs (C(OH)–C–C–N with tert-alkyl or cyclic N) is 1. The van der Waals surface area contributed by atoms with E-state index in [-0.39, 0.29) is 36.8 Å². The average molecular weight is 498 g/mol. The van der Waals surface area contributed by atoms with E-state index in [9.17, 15) is 19.8 Å². The fourth-order valence-corrected chi connectivity index (χ4v) is 4.80. The van der Waals surface area contributed by atoms with E-state index in [0.29, 0.717) is 36.2 Å². The van der Waals surface area contributed by atoms with Gasteiger partial charge in [-0.1, -0.05) is 36.2 Å². The molecule has 2 unspecified atom stereocenters. The Morgan fingerprint density at radius 2 is 1.97 bits per heavy atom. The Bertz CT molecular complexity index is 881. The Labute approximate surface area is 205 Å². The van der Waals surface area contributed by atoms with Crippen molar-refractivity contribution in [2.75, 3.05) is 52.4 Å². The van der Waals surface area contributed by atoms with Crippen molar-refractivity contribution in [3.8, 4) is 0 Å². The van der Waals surface area contributed by atoms with Crippen LogP contribution in [0.25, 0.3) is 6.08 Å². The number of aliphatic hydroxyl groups is 2. The summed E-state index contributed by atoms with van der Waals surface area (Å²) >= 11 is 11.9. The van der Waals surface area contributed by atoms with Gasteiger partial charge in [0.15, 0.2) is 0 Å². The number of hydrogen-bond donors (Lipinski definition) is 2. The summed E-state index contributed by atoms with van der Waals surface area (Å²) in [5, 5.41) is 21.1. The first-order valence-corrected chi connectivity index (χ1v) is 12.2. The van der Waals surface area contributed by atoms with E-state index in [2.05, 4.69) is 11.8 Å². The van der Waals surface area contributed by atoms with Crippen LogP contribution in [0.5, 0.6) is 0 Å². The van der Waals surface area contributed by atoms with E-state index >= 15 is 0 Å². The van der Waals surface area contributed by atoms with Crippen LogP contribution < -0.4 is 0 Å². The summed E-state index contributed by atoms with van der Waals surface area (Å²) in [5.74, 6) is -0.232. The van der Waals surface area contributed by atoms with E-state index in [1.165, 1.54) is 6.08 Å². The zero-order valence-electron chi connectivity index (χ0n) is 19.1. The van der Waals surface area contributed by atoms with Gasteiger partial charge in [-0.25, -0.2) is 0 Å². The highest BCUT2D eigenvalue weighted by molar-refractivity contribution is 6.42. The van der Waals surface area contributed by atoms with Gasteiger partial charge in [-0.2, -0.15) is 0 Å². The Balaban J connectivity index is 1.51. The molecule has 0 aliphatic carbocycles. The lowest BCUT2D eigenvalue weighted by Gasteiger charge is -2.40. The largest absolute Gasteiger partial charge is 0.396 e. The van der Waals surface area contributed by atoms with Crippen molar-refractivity contribution in [3.63, 3.8) is 0 Å². The molecule has 2 N–H and O–H groups in total. The number of benzene rings is 1. The van der Waals surface area contributed by atoms with E-state index < -0.39 is 6.10 Å². The minimum atomic E-state index is -0.674. The number of nitrogens with zero attached hydrogens (tertiary/aromatic N) is 3. The fraction of sp³-hybridized carbons (Fsp3) is 0.583. The summed E-state index contributed by atoms with van der Waals surface area (Å²) in [5.41, 5.74) is 0.630. The molecule has 2 aliphatic rings. The summed E-state index contributed by atoms with van der Waals surface area (Å²) in [6.45, 7) is 5.67. The van der Waals surface area contributed by atoms with Gasteiger partial charge in [0.1, 0.15) is 0 Å². The van der Waals surface area contributed by atoms with Crippen molar-refractivity contribution in [2.24, 2.45) is 5.41 Å². The van der Waals surface area contributed by atoms with Crippen molar-refractivity contribution in [2.45, 2.75) is 32.3 Å². The smallest absolute Gasteiger partial charge is 0.246 e. The highest BCUT2D eigenvalue weighted by atomic mass is 35.5. The summed E-state index contributed by atoms with van der Waals surface area (Å²) < 4.78 is 0. The molecule has 1 aromatic carbocycles. The molecule has 2 amide bonds. The predicted molar refractivity (Wildman–Crippen MR) is 130 cm³/mol. The number of likely N-dealkylation sites (tertiary alicyclic amines) is 1. The molecule has 0 bridgehead atoms. The Hall–Kier alpha value is -1.64. The first kappa shape index (κ1) is 26.0. The van der Waals surface area contributed by atoms with Gasteiger partial charge in [-0.3, -0.25) is 9.59 Å². The lowest BCUT2D eigenvalue weighted by molar-refractivity contribution is -0.132. The molecule has 1 aromatic rings. The zero-order valence-corrected chi connectivity index (χ0v) is 20.6. The highest BCUT2D eigenvalue weighted by Crippen LogP contribution is 2.28. The Morgan fingerprint density at radius 3 is 2.70 bits per heavy atom. The van der Waals surface area contributed by atoms with E-state index in [1.807, 2.05) is 0 Å². The van der Waals surface area contributed by atoms with Gasteiger partial charge in [0.05, 0.1) is 16.1 Å². The van der Waals surface area contributed by atoms with Crippen LogP contribution in [0, 0.1) is 5.41 Å². The van der Waals surface area contributed by atoms with E-state index in [1.54, 1.807) is 34.1 Å². The Kier molecular flexibility index (Phi) is 9.18. The molecule has 2 heterocycles. The van der Waals surface area contributed by atoms with Gasteiger partial charge >= 0.3 is 0 Å². The number of carbonyl (C=O) groups is 2. The molecule has 0 saturated carbocycles. The lowest BCUT2D eigenvalue weighted by Crippen LogP contribution is -2.49. The molecule has 182 valence electrons. The average Bonchev–Trinajstić information content (AvgIpc) is 2.96. The normalized spacial score (nSPS) is 23.7. The molecule has 3 rings (SSSR count). The molecule has 2 saturated heterocycles. The maximum Gasteiger partial charge on any atom is 0.246 e. The second-order valence-electron chi connectivity index (χ2n) is 9.38. The number of rotatable bonds is 7. The van der Waals surface area contributed by atoms with Crippen LogP contribution in [-0.2, 0) is 9.59 Å². The molecule has 9 heteroatoms. The van der Waals surface area contributed by atoms with Gasteiger partial charge in [0.25, 0.3) is 0 Å². The van der Waals surface area contributed by atoms with Crippen molar-refractivity contribution >= 4 is 41.1 Å². The van der Waals surface area contributed by atoms with Gasteiger partial charge in [0, 0.05) is 63.8 Å². The van der Waals surface area contributed by atoms with Gasteiger partial charge in [-0.15, -0.1) is 0 Å². The maximum atomic E-state index is 12.6. The van der Waals surface area contributed by atoms with Crippen LogP contribution in [0.1, 0.15) is 31.7 Å². The van der Waals surface area contributed by atoms with Crippen LogP contribution in [0.2, 0.25) is 10.0 Å². The second-order valence-corrected chi connectivity index (χ2v) is 10.2. The molecule has 2 fully saturated rings. The maximum absolute atomic E-state index is 12.6. The summed E-state index contributed by atoms with van der Waals surface area (Å²) in [7, 11) is 0. The first-order chi connectivity index (χ1) is 15.7. The number of halogens is 2. The van der Waals surface area contributed by atoms with Gasteiger partial charge < -0.3 is 24.9 Å². The first-order valence-electron chi connectivity index (χ1n) is 11.4. The minimum absolute atomic E-state index is 0.0587. The quantitative estimate of drug-likeness (QED) is 0.565. The molecule has 0 spiro atoms. The summed E-state index contributed by atoms with van der Waals surface area (Å²) in [4.78, 5) is 30.7. The van der Waals surface area contributed by atoms with Crippen LogP contribution in [0.15, 0.2) is 24.3 Å².